The fraction of sp³-hybridized carbons (Fsp3) is 0.143. The summed E-state index contributed by atoms with van der Waals surface area (Å²) in [6, 6.07) is 4.51. The molecule has 0 fully saturated rings. The van der Waals surface area contributed by atoms with E-state index in [9.17, 15) is 18.3 Å². The summed E-state index contributed by atoms with van der Waals surface area (Å²) >= 11 is 5.99. The second kappa shape index (κ2) is 5.75. The third kappa shape index (κ3) is 2.90. The van der Waals surface area contributed by atoms with Gasteiger partial charge < -0.3 is 5.11 Å². The number of hydrogen-bond acceptors (Lipinski definition) is 5. The van der Waals surface area contributed by atoms with Gasteiger partial charge in [-0.05, 0) is 25.1 Å². The van der Waals surface area contributed by atoms with Gasteiger partial charge >= 0.3 is 6.18 Å². The van der Waals surface area contributed by atoms with Gasteiger partial charge in [-0.25, -0.2) is 14.6 Å². The molecule has 0 aliphatic heterocycles. The van der Waals surface area contributed by atoms with Crippen molar-refractivity contribution in [3.8, 4) is 22.8 Å². The van der Waals surface area contributed by atoms with Crippen LogP contribution >= 0.6 is 11.6 Å². The highest BCUT2D eigenvalue weighted by atomic mass is 35.5. The highest BCUT2D eigenvalue weighted by Gasteiger charge is 2.34. The second-order valence-electron chi connectivity index (χ2n) is 4.88. The van der Waals surface area contributed by atoms with E-state index in [2.05, 4.69) is 20.3 Å². The van der Waals surface area contributed by atoms with E-state index in [-0.39, 0.29) is 11.6 Å². The highest BCUT2D eigenvalue weighted by Crippen LogP contribution is 2.33. The molecule has 2 aromatic heterocycles. The molecule has 0 amide bonds. The topological polar surface area (TPSA) is 76.7 Å². The fourth-order valence-electron chi connectivity index (χ4n) is 2.12. The van der Waals surface area contributed by atoms with Crippen molar-refractivity contribution < 1.29 is 18.3 Å². The van der Waals surface area contributed by atoms with Crippen molar-refractivity contribution in [2.75, 3.05) is 0 Å². The van der Waals surface area contributed by atoms with Crippen LogP contribution in [0.4, 0.5) is 13.2 Å². The SMILES string of the molecule is Cc1c(O)ncnc1-c1cc(Cl)ccc1-n1cc(C(F)(F)F)nn1. The molecule has 124 valence electrons. The summed E-state index contributed by atoms with van der Waals surface area (Å²) in [4.78, 5) is 7.73. The van der Waals surface area contributed by atoms with E-state index in [0.29, 0.717) is 21.8 Å². The molecule has 24 heavy (non-hydrogen) atoms. The van der Waals surface area contributed by atoms with Gasteiger partial charge in [0.05, 0.1) is 17.6 Å². The maximum absolute atomic E-state index is 12.7. The van der Waals surface area contributed by atoms with E-state index in [1.807, 2.05) is 0 Å². The molecule has 6 nitrogen and oxygen atoms in total. The molecule has 3 rings (SSSR count). The Labute approximate surface area is 138 Å². The van der Waals surface area contributed by atoms with Gasteiger partial charge in [0.25, 0.3) is 0 Å². The number of hydrogen-bond donors (Lipinski definition) is 1. The maximum Gasteiger partial charge on any atom is 0.436 e. The van der Waals surface area contributed by atoms with Gasteiger partial charge in [0, 0.05) is 16.1 Å². The van der Waals surface area contributed by atoms with E-state index in [0.717, 1.165) is 17.2 Å². The zero-order valence-corrected chi connectivity index (χ0v) is 12.8. The number of halogens is 4. The van der Waals surface area contributed by atoms with Crippen molar-refractivity contribution in [1.29, 1.82) is 0 Å². The van der Waals surface area contributed by atoms with Crippen molar-refractivity contribution >= 4 is 11.6 Å². The molecule has 0 bridgehead atoms. The summed E-state index contributed by atoms with van der Waals surface area (Å²) < 4.78 is 39.2. The Morgan fingerprint density at radius 1 is 1.21 bits per heavy atom. The van der Waals surface area contributed by atoms with Crippen LogP contribution in [0.15, 0.2) is 30.7 Å². The van der Waals surface area contributed by atoms with Gasteiger partial charge in [-0.2, -0.15) is 13.2 Å². The molecular weight excluding hydrogens is 347 g/mol. The van der Waals surface area contributed by atoms with Gasteiger partial charge in [-0.15, -0.1) is 5.10 Å². The first-order chi connectivity index (χ1) is 11.3. The van der Waals surface area contributed by atoms with Crippen molar-refractivity contribution in [1.82, 2.24) is 25.0 Å². The molecule has 0 aliphatic rings. The Bertz CT molecular complexity index is 910. The molecular formula is C14H9ClF3N5O. The molecule has 1 N–H and O–H groups in total. The summed E-state index contributed by atoms with van der Waals surface area (Å²) in [5, 5.41) is 16.7. The Morgan fingerprint density at radius 3 is 2.62 bits per heavy atom. The average Bonchev–Trinajstić information content (AvgIpc) is 3.00. The van der Waals surface area contributed by atoms with Crippen molar-refractivity contribution in [2.45, 2.75) is 13.1 Å². The maximum atomic E-state index is 12.7. The lowest BCUT2D eigenvalue weighted by Crippen LogP contribution is -2.05. The van der Waals surface area contributed by atoms with Crippen LogP contribution in [0.5, 0.6) is 5.88 Å². The zero-order valence-electron chi connectivity index (χ0n) is 12.1. The lowest BCUT2D eigenvalue weighted by atomic mass is 10.1. The molecule has 3 aromatic rings. The van der Waals surface area contributed by atoms with E-state index in [4.69, 9.17) is 11.6 Å². The summed E-state index contributed by atoms with van der Waals surface area (Å²) in [5.74, 6) is -0.236. The van der Waals surface area contributed by atoms with Crippen LogP contribution in [0.25, 0.3) is 16.9 Å². The Kier molecular flexibility index (Phi) is 3.88. The van der Waals surface area contributed by atoms with Gasteiger partial charge in [-0.3, -0.25) is 0 Å². The molecule has 1 aromatic carbocycles. The number of benzene rings is 1. The van der Waals surface area contributed by atoms with Gasteiger partial charge in [0.2, 0.25) is 5.88 Å². The lowest BCUT2D eigenvalue weighted by Gasteiger charge is -2.11. The van der Waals surface area contributed by atoms with E-state index >= 15 is 0 Å². The van der Waals surface area contributed by atoms with Crippen molar-refractivity contribution in [2.24, 2.45) is 0 Å². The quantitative estimate of drug-likeness (QED) is 0.762. The number of aromatic nitrogens is 5. The van der Waals surface area contributed by atoms with Crippen molar-refractivity contribution in [3.05, 3.63) is 47.0 Å². The molecule has 0 aliphatic carbocycles. The van der Waals surface area contributed by atoms with E-state index in [1.165, 1.54) is 18.2 Å². The average molecular weight is 356 g/mol. The predicted octanol–water partition coefficient (Wildman–Crippen LogP) is 3.41. The number of nitrogens with zero attached hydrogens (tertiary/aromatic N) is 5. The number of aromatic hydroxyl groups is 1. The first kappa shape index (κ1) is 16.2. The first-order valence-electron chi connectivity index (χ1n) is 6.58. The third-order valence-corrected chi connectivity index (χ3v) is 3.54. The van der Waals surface area contributed by atoms with Gasteiger partial charge in [-0.1, -0.05) is 16.8 Å². The minimum atomic E-state index is -4.60. The number of rotatable bonds is 2. The summed E-state index contributed by atoms with van der Waals surface area (Å²) in [5.41, 5.74) is 0.229. The third-order valence-electron chi connectivity index (χ3n) is 3.30. The molecule has 0 radical (unpaired) electrons. The lowest BCUT2D eigenvalue weighted by molar-refractivity contribution is -0.141. The minimum absolute atomic E-state index is 0.236. The van der Waals surface area contributed by atoms with Gasteiger partial charge in [0.15, 0.2) is 5.69 Å². The van der Waals surface area contributed by atoms with E-state index < -0.39 is 11.9 Å². The number of alkyl halides is 3. The molecule has 0 atom stereocenters. The van der Waals surface area contributed by atoms with Gasteiger partial charge in [0.1, 0.15) is 6.33 Å². The monoisotopic (exact) mass is 355 g/mol. The largest absolute Gasteiger partial charge is 0.493 e. The van der Waals surface area contributed by atoms with Crippen LogP contribution in [0.1, 0.15) is 11.3 Å². The Morgan fingerprint density at radius 2 is 1.96 bits per heavy atom. The summed E-state index contributed by atoms with van der Waals surface area (Å²) in [6.45, 7) is 1.58. The molecule has 10 heteroatoms. The summed E-state index contributed by atoms with van der Waals surface area (Å²) in [7, 11) is 0. The highest BCUT2D eigenvalue weighted by molar-refractivity contribution is 6.31. The van der Waals surface area contributed by atoms with Crippen molar-refractivity contribution in [3.63, 3.8) is 0 Å². The summed E-state index contributed by atoms with van der Waals surface area (Å²) in [6.07, 6.45) is -2.69. The van der Waals surface area contributed by atoms with Crippen LogP contribution in [0.2, 0.25) is 5.02 Å². The Hall–Kier alpha value is -2.68. The zero-order chi connectivity index (χ0) is 17.5. The van der Waals surface area contributed by atoms with E-state index in [1.54, 1.807) is 6.92 Å². The molecule has 0 saturated carbocycles. The smallest absolute Gasteiger partial charge is 0.436 e. The predicted molar refractivity (Wildman–Crippen MR) is 78.8 cm³/mol. The van der Waals surface area contributed by atoms with Crippen LogP contribution in [0, 0.1) is 6.92 Å². The van der Waals surface area contributed by atoms with Crippen LogP contribution < -0.4 is 0 Å². The van der Waals surface area contributed by atoms with Crippen LogP contribution in [0.3, 0.4) is 0 Å². The normalized spacial score (nSPS) is 11.7. The Balaban J connectivity index is 2.20. The van der Waals surface area contributed by atoms with Crippen LogP contribution in [-0.2, 0) is 6.18 Å². The molecule has 0 unspecified atom stereocenters. The molecule has 0 saturated heterocycles. The second-order valence-corrected chi connectivity index (χ2v) is 5.31. The minimum Gasteiger partial charge on any atom is -0.493 e. The molecule has 0 spiro atoms. The first-order valence-corrected chi connectivity index (χ1v) is 6.95. The van der Waals surface area contributed by atoms with Crippen LogP contribution in [-0.4, -0.2) is 30.1 Å². The standard InChI is InChI=1S/C14H9ClF3N5O/c1-7-12(19-6-20-13(7)24)9-4-8(15)2-3-10(9)23-5-11(21-22-23)14(16,17)18/h2-6H,1H3,(H,19,20,24). The molecule has 2 heterocycles. The fourth-order valence-corrected chi connectivity index (χ4v) is 2.29.